The lowest BCUT2D eigenvalue weighted by molar-refractivity contribution is -0.140. The van der Waals surface area contributed by atoms with E-state index >= 15 is 0 Å². The molecule has 2 N–H and O–H groups in total. The van der Waals surface area contributed by atoms with E-state index < -0.39 is 0 Å². The Morgan fingerprint density at radius 1 is 1.24 bits per heavy atom. The largest absolute Gasteiger partial charge is 0.469 e. The molecule has 1 aliphatic rings. The summed E-state index contributed by atoms with van der Waals surface area (Å²) in [7, 11) is 3.23. The van der Waals surface area contributed by atoms with Gasteiger partial charge in [0.1, 0.15) is 0 Å². The molecule has 0 heterocycles. The van der Waals surface area contributed by atoms with Crippen molar-refractivity contribution in [2.45, 2.75) is 51.0 Å². The maximum atomic E-state index is 10.9. The minimum atomic E-state index is -0.113. The highest BCUT2D eigenvalue weighted by Crippen LogP contribution is 2.08. The van der Waals surface area contributed by atoms with Gasteiger partial charge in [-0.2, -0.15) is 0 Å². The Bertz CT molecular complexity index is 338. The topological polar surface area (TPSA) is 62.7 Å². The summed E-state index contributed by atoms with van der Waals surface area (Å²) in [6, 6.07) is 0.487. The molecule has 6 heteroatoms. The zero-order valence-electron chi connectivity index (χ0n) is 13.1. The zero-order valence-corrected chi connectivity index (χ0v) is 15.4. The number of carbonyl (C=O) groups excluding carboxylic acids is 1. The quantitative estimate of drug-likeness (QED) is 0.162. The summed E-state index contributed by atoms with van der Waals surface area (Å²) in [5.41, 5.74) is 0. The van der Waals surface area contributed by atoms with E-state index in [2.05, 4.69) is 32.5 Å². The van der Waals surface area contributed by atoms with Crippen molar-refractivity contribution in [3.8, 4) is 0 Å². The molecule has 0 aromatic carbocycles. The highest BCUT2D eigenvalue weighted by atomic mass is 127. The SMILES string of the molecule is CN=C(NCCCCCCC(=O)OC)NC1CC=CC1.I. The minimum absolute atomic E-state index is 0. The number of hydrogen-bond acceptors (Lipinski definition) is 3. The fraction of sp³-hybridized carbons (Fsp3) is 0.733. The summed E-state index contributed by atoms with van der Waals surface area (Å²) < 4.78 is 4.61. The van der Waals surface area contributed by atoms with Gasteiger partial charge in [-0.3, -0.25) is 9.79 Å². The number of hydrogen-bond donors (Lipinski definition) is 2. The third kappa shape index (κ3) is 9.71. The van der Waals surface area contributed by atoms with Gasteiger partial charge in [-0.1, -0.05) is 25.0 Å². The van der Waals surface area contributed by atoms with Gasteiger partial charge >= 0.3 is 5.97 Å². The van der Waals surface area contributed by atoms with E-state index in [1.807, 2.05) is 0 Å². The van der Waals surface area contributed by atoms with Crippen molar-refractivity contribution in [3.63, 3.8) is 0 Å². The monoisotopic (exact) mass is 409 g/mol. The average Bonchev–Trinajstić information content (AvgIpc) is 2.97. The Balaban J connectivity index is 0.00000400. The fourth-order valence-corrected chi connectivity index (χ4v) is 2.18. The number of halogens is 1. The molecular weight excluding hydrogens is 381 g/mol. The number of unbranched alkanes of at least 4 members (excludes halogenated alkanes) is 3. The molecule has 1 aliphatic carbocycles. The number of guanidine groups is 1. The van der Waals surface area contributed by atoms with Crippen LogP contribution < -0.4 is 10.6 Å². The Hall–Kier alpha value is -0.790. The number of nitrogens with one attached hydrogen (secondary N) is 2. The molecule has 1 rings (SSSR count). The molecule has 0 saturated carbocycles. The number of methoxy groups -OCH3 is 1. The molecule has 0 amide bonds. The van der Waals surface area contributed by atoms with Crippen molar-refractivity contribution in [2.75, 3.05) is 20.7 Å². The van der Waals surface area contributed by atoms with Crippen molar-refractivity contribution in [1.82, 2.24) is 10.6 Å². The number of carbonyl (C=O) groups is 1. The highest BCUT2D eigenvalue weighted by molar-refractivity contribution is 14.0. The lowest BCUT2D eigenvalue weighted by Gasteiger charge is -2.16. The lowest BCUT2D eigenvalue weighted by Crippen LogP contribution is -2.42. The molecule has 0 unspecified atom stereocenters. The Morgan fingerprint density at radius 3 is 2.52 bits per heavy atom. The number of esters is 1. The molecule has 0 radical (unpaired) electrons. The van der Waals surface area contributed by atoms with Crippen molar-refractivity contribution < 1.29 is 9.53 Å². The molecule has 0 aromatic rings. The summed E-state index contributed by atoms with van der Waals surface area (Å²) in [5.74, 6) is 0.770. The van der Waals surface area contributed by atoms with E-state index in [9.17, 15) is 4.79 Å². The van der Waals surface area contributed by atoms with Crippen LogP contribution in [0.4, 0.5) is 0 Å². The summed E-state index contributed by atoms with van der Waals surface area (Å²) in [6.07, 6.45) is 11.3. The molecule has 0 aliphatic heterocycles. The first kappa shape index (κ1) is 20.2. The van der Waals surface area contributed by atoms with Crippen molar-refractivity contribution in [1.29, 1.82) is 0 Å². The highest BCUT2D eigenvalue weighted by Gasteiger charge is 2.10. The fourth-order valence-electron chi connectivity index (χ4n) is 2.18. The van der Waals surface area contributed by atoms with Gasteiger partial charge < -0.3 is 15.4 Å². The van der Waals surface area contributed by atoms with Crippen LogP contribution in [0.2, 0.25) is 0 Å². The molecular formula is C15H28IN3O2. The van der Waals surface area contributed by atoms with Crippen LogP contribution in [0.5, 0.6) is 0 Å². The average molecular weight is 409 g/mol. The van der Waals surface area contributed by atoms with Gasteiger partial charge in [0.2, 0.25) is 0 Å². The van der Waals surface area contributed by atoms with Crippen LogP contribution in [0.3, 0.4) is 0 Å². The summed E-state index contributed by atoms with van der Waals surface area (Å²) in [4.78, 5) is 15.2. The number of rotatable bonds is 8. The molecule has 122 valence electrons. The van der Waals surface area contributed by atoms with E-state index in [1.54, 1.807) is 7.05 Å². The van der Waals surface area contributed by atoms with E-state index in [1.165, 1.54) is 7.11 Å². The van der Waals surface area contributed by atoms with E-state index in [0.717, 1.165) is 51.0 Å². The standard InChI is InChI=1S/C15H27N3O2.HI/c1-16-15(18-13-9-6-7-10-13)17-12-8-4-3-5-11-14(19)20-2;/h6-7,13H,3-5,8-12H2,1-2H3,(H2,16,17,18);1H. The normalized spacial score (nSPS) is 14.7. The van der Waals surface area contributed by atoms with E-state index in [4.69, 9.17) is 0 Å². The number of ether oxygens (including phenoxy) is 1. The summed E-state index contributed by atoms with van der Waals surface area (Å²) in [6.45, 7) is 0.915. The Kier molecular flexibility index (Phi) is 12.4. The van der Waals surface area contributed by atoms with Gasteiger partial charge in [-0.25, -0.2) is 0 Å². The van der Waals surface area contributed by atoms with Crippen LogP contribution in [0.1, 0.15) is 44.9 Å². The zero-order chi connectivity index (χ0) is 14.6. The van der Waals surface area contributed by atoms with Gasteiger partial charge in [-0.15, -0.1) is 24.0 Å². The minimum Gasteiger partial charge on any atom is -0.469 e. The first-order valence-corrected chi connectivity index (χ1v) is 7.45. The second kappa shape index (κ2) is 12.9. The van der Waals surface area contributed by atoms with E-state index in [-0.39, 0.29) is 29.9 Å². The third-order valence-corrected chi connectivity index (χ3v) is 3.40. The lowest BCUT2D eigenvalue weighted by atomic mass is 10.1. The predicted molar refractivity (Wildman–Crippen MR) is 97.2 cm³/mol. The van der Waals surface area contributed by atoms with E-state index in [0.29, 0.717) is 12.5 Å². The van der Waals surface area contributed by atoms with Crippen LogP contribution in [-0.2, 0) is 9.53 Å². The van der Waals surface area contributed by atoms with Crippen molar-refractivity contribution in [3.05, 3.63) is 12.2 Å². The van der Waals surface area contributed by atoms with Crippen LogP contribution in [0, 0.1) is 0 Å². The molecule has 5 nitrogen and oxygen atoms in total. The van der Waals surface area contributed by atoms with Crippen LogP contribution in [0.25, 0.3) is 0 Å². The van der Waals surface area contributed by atoms with Gasteiger partial charge in [-0.05, 0) is 25.7 Å². The first-order valence-electron chi connectivity index (χ1n) is 7.45. The third-order valence-electron chi connectivity index (χ3n) is 3.40. The van der Waals surface area contributed by atoms with Gasteiger partial charge in [0.05, 0.1) is 7.11 Å². The van der Waals surface area contributed by atoms with Gasteiger partial charge in [0.25, 0.3) is 0 Å². The first-order chi connectivity index (χ1) is 9.76. The van der Waals surface area contributed by atoms with Gasteiger partial charge in [0.15, 0.2) is 5.96 Å². The number of nitrogens with zero attached hydrogens (tertiary/aromatic N) is 1. The maximum Gasteiger partial charge on any atom is 0.305 e. The van der Waals surface area contributed by atoms with Crippen molar-refractivity contribution >= 4 is 35.9 Å². The Labute approximate surface area is 145 Å². The molecule has 0 aromatic heterocycles. The molecule has 0 saturated heterocycles. The Morgan fingerprint density at radius 2 is 1.90 bits per heavy atom. The summed E-state index contributed by atoms with van der Waals surface area (Å²) in [5, 5.41) is 6.73. The van der Waals surface area contributed by atoms with Crippen LogP contribution >= 0.6 is 24.0 Å². The van der Waals surface area contributed by atoms with Crippen LogP contribution in [-0.4, -0.2) is 38.7 Å². The predicted octanol–water partition coefficient (Wildman–Crippen LogP) is 2.61. The smallest absolute Gasteiger partial charge is 0.305 e. The van der Waals surface area contributed by atoms with Gasteiger partial charge in [0, 0.05) is 26.1 Å². The molecule has 21 heavy (non-hydrogen) atoms. The van der Waals surface area contributed by atoms with Crippen LogP contribution in [0.15, 0.2) is 17.1 Å². The second-order valence-corrected chi connectivity index (χ2v) is 5.02. The number of aliphatic imine (C=N–C) groups is 1. The molecule has 0 atom stereocenters. The molecule has 0 bridgehead atoms. The second-order valence-electron chi connectivity index (χ2n) is 5.02. The maximum absolute atomic E-state index is 10.9. The molecule has 0 fully saturated rings. The van der Waals surface area contributed by atoms with Crippen molar-refractivity contribution in [2.24, 2.45) is 4.99 Å². The summed E-state index contributed by atoms with van der Waals surface area (Å²) >= 11 is 0. The molecule has 0 spiro atoms.